The first-order valence-corrected chi connectivity index (χ1v) is 0.854. The Morgan fingerprint density at radius 2 is 1.67 bits per heavy atom. The first-order valence-electron chi connectivity index (χ1n) is 0.854. The molecule has 2 heteroatoms. The van der Waals surface area contributed by atoms with E-state index in [0.29, 0.717) is 0 Å². The molecule has 0 aromatic carbocycles. The van der Waals surface area contributed by atoms with E-state index in [2.05, 4.69) is 12.7 Å². The van der Waals surface area contributed by atoms with Crippen LogP contribution in [0.3, 0.4) is 0 Å². The number of rotatable bonds is 0. The Labute approximate surface area is 62.7 Å². The summed E-state index contributed by atoms with van der Waals surface area (Å²) in [5.74, 6) is 1.82. The molecule has 0 aliphatic heterocycles. The van der Waals surface area contributed by atoms with E-state index in [1.165, 1.54) is 0 Å². The van der Waals surface area contributed by atoms with Crippen molar-refractivity contribution in [1.29, 1.82) is 0 Å². The molecule has 0 aliphatic rings. The number of hydrogen-bond acceptors (Lipinski definition) is 0. The zero-order valence-corrected chi connectivity index (χ0v) is 4.21. The fourth-order valence-electron chi connectivity index (χ4n) is 0. The summed E-state index contributed by atoms with van der Waals surface area (Å²) in [6.45, 7) is 3.06. The van der Waals surface area contributed by atoms with Gasteiger partial charge in [-0.05, 0) is 0 Å². The van der Waals surface area contributed by atoms with Crippen molar-refractivity contribution in [3.8, 4) is 5.92 Å². The summed E-state index contributed by atoms with van der Waals surface area (Å²) in [6, 6.07) is 0. The Bertz CT molecular complexity index is 51.1. The second-order valence-electron chi connectivity index (χ2n) is 0.302. The maximum atomic E-state index is 6.03. The molecule has 0 rings (SSSR count). The van der Waals surface area contributed by atoms with E-state index in [4.69, 9.17) is 6.42 Å². The minimum absolute atomic E-state index is 0. The van der Waals surface area contributed by atoms with Crippen molar-refractivity contribution in [1.82, 2.24) is 0 Å². The Hall–Kier alpha value is 0.495. The third-order valence-electron chi connectivity index (χ3n) is 0.0884. The third-order valence-corrected chi connectivity index (χ3v) is 0.0884. The fourth-order valence-corrected chi connectivity index (χ4v) is 0. The average molecular weight is 63.9 g/mol. The van der Waals surface area contributed by atoms with Crippen LogP contribution in [0.15, 0.2) is 6.58 Å². The molecular weight excluding hydrogens is 61.9 g/mol. The maximum absolute atomic E-state index is 6.03. The standard InChI is InChI=1S/C4H2.2Li/c1-3-4-2;;/h1H2;;/q-2;2*+1. The molecule has 0 aliphatic carbocycles. The van der Waals surface area contributed by atoms with Crippen LogP contribution in [0, 0.1) is 18.4 Å². The smallest absolute Gasteiger partial charge is 0.731 e. The van der Waals surface area contributed by atoms with Gasteiger partial charge in [0, 0.05) is 0 Å². The van der Waals surface area contributed by atoms with E-state index in [1.54, 1.807) is 0 Å². The molecule has 20 valence electrons. The van der Waals surface area contributed by atoms with Crippen molar-refractivity contribution >= 4 is 0 Å². The zero-order valence-electron chi connectivity index (χ0n) is 4.21. The van der Waals surface area contributed by atoms with Crippen LogP contribution in [0.5, 0.6) is 0 Å². The quantitative estimate of drug-likeness (QED) is 0.150. The van der Waals surface area contributed by atoms with Crippen LogP contribution in [-0.2, 0) is 0 Å². The maximum Gasteiger partial charge on any atom is 1.00 e. The van der Waals surface area contributed by atoms with Gasteiger partial charge in [0.05, 0.1) is 0 Å². The monoisotopic (exact) mass is 64.0 g/mol. The average Bonchev–Trinajstić information content (AvgIpc) is 1.37. The van der Waals surface area contributed by atoms with Gasteiger partial charge in [0.25, 0.3) is 0 Å². The topological polar surface area (TPSA) is 0 Å². The Morgan fingerprint density at radius 1 is 1.50 bits per heavy atom. The summed E-state index contributed by atoms with van der Waals surface area (Å²) >= 11 is 0. The molecule has 0 saturated carbocycles. The van der Waals surface area contributed by atoms with Gasteiger partial charge in [-0.2, -0.15) is 0 Å². The van der Waals surface area contributed by atoms with Crippen LogP contribution >= 0.6 is 0 Å². The third kappa shape index (κ3) is 24.6. The van der Waals surface area contributed by atoms with Crippen LogP contribution in [0.2, 0.25) is 0 Å². The molecule has 0 aromatic rings. The van der Waals surface area contributed by atoms with E-state index in [0.717, 1.165) is 0 Å². The van der Waals surface area contributed by atoms with Crippen molar-refractivity contribution in [2.75, 3.05) is 0 Å². The van der Waals surface area contributed by atoms with Gasteiger partial charge in [-0.1, -0.05) is 0 Å². The van der Waals surface area contributed by atoms with Gasteiger partial charge in [0.1, 0.15) is 0 Å². The molecule has 0 fully saturated rings. The molecule has 0 bridgehead atoms. The van der Waals surface area contributed by atoms with Gasteiger partial charge in [-0.15, -0.1) is 0 Å². The molecule has 0 heterocycles. The van der Waals surface area contributed by atoms with Crippen molar-refractivity contribution in [2.45, 2.75) is 0 Å². The molecular formula is C4H2Li2. The van der Waals surface area contributed by atoms with Gasteiger partial charge >= 0.3 is 37.7 Å². The first-order chi connectivity index (χ1) is 1.91. The molecule has 0 radical (unpaired) electrons. The normalized spacial score (nSPS) is 2.50. The minimum atomic E-state index is 0. The molecule has 0 atom stereocenters. The second-order valence-corrected chi connectivity index (χ2v) is 0.302. The molecule has 0 N–H and O–H groups in total. The van der Waals surface area contributed by atoms with Crippen LogP contribution in [-0.4, -0.2) is 0 Å². The van der Waals surface area contributed by atoms with Crippen LogP contribution in [0.25, 0.3) is 0 Å². The summed E-state index contributed by atoms with van der Waals surface area (Å²) in [4.78, 5) is 0. The van der Waals surface area contributed by atoms with E-state index in [-0.39, 0.29) is 37.7 Å². The minimum Gasteiger partial charge on any atom is -0.731 e. The summed E-state index contributed by atoms with van der Waals surface area (Å²) in [6.07, 6.45) is 8.12. The van der Waals surface area contributed by atoms with Crippen molar-refractivity contribution < 1.29 is 37.7 Å². The summed E-state index contributed by atoms with van der Waals surface area (Å²) in [5, 5.41) is 0. The van der Waals surface area contributed by atoms with Crippen LogP contribution in [0.4, 0.5) is 0 Å². The second kappa shape index (κ2) is 17.8. The Morgan fingerprint density at radius 3 is 1.67 bits per heavy atom. The van der Waals surface area contributed by atoms with E-state index in [9.17, 15) is 0 Å². The number of allylic oxidation sites excluding steroid dienone is 1. The summed E-state index contributed by atoms with van der Waals surface area (Å²) in [5.41, 5.74) is 0. The predicted octanol–water partition coefficient (Wildman–Crippen LogP) is -5.43. The van der Waals surface area contributed by atoms with Crippen LogP contribution < -0.4 is 37.7 Å². The predicted molar refractivity (Wildman–Crippen MR) is 16.0 cm³/mol. The molecule has 0 aromatic heterocycles. The molecule has 6 heavy (non-hydrogen) atoms. The number of hydrogen-bond donors (Lipinski definition) is 0. The van der Waals surface area contributed by atoms with Gasteiger partial charge in [0.15, 0.2) is 0 Å². The zero-order chi connectivity index (χ0) is 3.41. The molecule has 0 nitrogen and oxygen atoms in total. The van der Waals surface area contributed by atoms with Crippen molar-refractivity contribution in [3.63, 3.8) is 0 Å². The van der Waals surface area contributed by atoms with Gasteiger partial charge in [-0.25, -0.2) is 0 Å². The molecule has 0 amide bonds. The molecule has 0 saturated heterocycles. The van der Waals surface area contributed by atoms with E-state index >= 15 is 0 Å². The first kappa shape index (κ1) is 16.1. The van der Waals surface area contributed by atoms with Crippen LogP contribution in [0.1, 0.15) is 0 Å². The Kier molecular flexibility index (Phi) is 47.7. The van der Waals surface area contributed by atoms with E-state index < -0.39 is 0 Å². The van der Waals surface area contributed by atoms with Gasteiger partial charge < -0.3 is 18.4 Å². The summed E-state index contributed by atoms with van der Waals surface area (Å²) in [7, 11) is 0. The Balaban J connectivity index is -0.0000000450. The molecule has 0 unspecified atom stereocenters. The van der Waals surface area contributed by atoms with Crippen molar-refractivity contribution in [2.24, 2.45) is 0 Å². The fraction of sp³-hybridized carbons (Fsp3) is 0. The van der Waals surface area contributed by atoms with Gasteiger partial charge in [0.2, 0.25) is 0 Å². The SMILES string of the molecule is [C-]#C[C-]=C.[Li+].[Li+]. The largest absolute Gasteiger partial charge is 1.00 e. The van der Waals surface area contributed by atoms with Crippen molar-refractivity contribution in [3.05, 3.63) is 19.1 Å². The molecule has 0 spiro atoms. The van der Waals surface area contributed by atoms with E-state index in [1.807, 2.05) is 5.92 Å². The summed E-state index contributed by atoms with van der Waals surface area (Å²) < 4.78 is 0. The van der Waals surface area contributed by atoms with Gasteiger partial charge in [-0.3, -0.25) is 6.58 Å².